The van der Waals surface area contributed by atoms with E-state index < -0.39 is 10.0 Å². The zero-order chi connectivity index (χ0) is 14.5. The first-order valence-electron chi connectivity index (χ1n) is 6.13. The number of rotatable bonds is 8. The van der Waals surface area contributed by atoms with E-state index in [0.29, 0.717) is 23.9 Å². The van der Waals surface area contributed by atoms with Crippen LogP contribution in [0.5, 0.6) is 0 Å². The predicted molar refractivity (Wildman–Crippen MR) is 78.9 cm³/mol. The first-order chi connectivity index (χ1) is 8.92. The van der Waals surface area contributed by atoms with E-state index in [0.717, 1.165) is 12.1 Å². The number of nitrogens with zero attached hydrogens (tertiary/aromatic N) is 1. The lowest BCUT2D eigenvalue weighted by atomic mass is 10.3. The molecule has 8 heteroatoms. The van der Waals surface area contributed by atoms with Crippen molar-refractivity contribution in [2.24, 2.45) is 0 Å². The fourth-order valence-electron chi connectivity index (χ4n) is 1.62. The lowest BCUT2D eigenvalue weighted by molar-refractivity contribution is 0.572. The second-order valence-corrected chi connectivity index (χ2v) is 7.35. The fraction of sp³-hybridized carbons (Fsp3) is 0.727. The van der Waals surface area contributed by atoms with Crippen molar-refractivity contribution >= 4 is 21.8 Å². The molecule has 0 saturated heterocycles. The summed E-state index contributed by atoms with van der Waals surface area (Å²) in [7, 11) is -1.76. The van der Waals surface area contributed by atoms with E-state index in [1.165, 1.54) is 0 Å². The summed E-state index contributed by atoms with van der Waals surface area (Å²) in [4.78, 5) is 0. The molecule has 1 heterocycles. The van der Waals surface area contributed by atoms with Gasteiger partial charge in [0.1, 0.15) is 0 Å². The summed E-state index contributed by atoms with van der Waals surface area (Å²) < 4.78 is 27.0. The minimum atomic E-state index is -3.54. The average molecular weight is 306 g/mol. The van der Waals surface area contributed by atoms with Gasteiger partial charge >= 0.3 is 0 Å². The van der Waals surface area contributed by atoms with Gasteiger partial charge in [-0.15, -0.1) is 0 Å². The number of hydrogen-bond acceptors (Lipinski definition) is 5. The van der Waals surface area contributed by atoms with Crippen LogP contribution in [0.1, 0.15) is 24.6 Å². The quantitative estimate of drug-likeness (QED) is 0.663. The van der Waals surface area contributed by atoms with Crippen LogP contribution in [-0.2, 0) is 16.6 Å². The van der Waals surface area contributed by atoms with Gasteiger partial charge < -0.3 is 5.32 Å². The lowest BCUT2D eigenvalue weighted by Crippen LogP contribution is -2.28. The maximum absolute atomic E-state index is 12.2. The van der Waals surface area contributed by atoms with Crippen molar-refractivity contribution in [3.8, 4) is 0 Å². The molecule has 0 aliphatic heterocycles. The summed E-state index contributed by atoms with van der Waals surface area (Å²) in [6.07, 6.45) is 2.81. The molecule has 19 heavy (non-hydrogen) atoms. The third-order valence-corrected chi connectivity index (χ3v) is 5.36. The van der Waals surface area contributed by atoms with E-state index in [1.54, 1.807) is 18.8 Å². The third kappa shape index (κ3) is 4.48. The van der Waals surface area contributed by atoms with Gasteiger partial charge in [0.2, 0.25) is 0 Å². The molecular weight excluding hydrogens is 284 g/mol. The Morgan fingerprint density at radius 2 is 2.16 bits per heavy atom. The molecule has 0 aliphatic carbocycles. The molecule has 0 radical (unpaired) electrons. The van der Waals surface area contributed by atoms with Crippen LogP contribution in [0.3, 0.4) is 0 Å². The second kappa shape index (κ2) is 7.28. The second-order valence-electron chi connectivity index (χ2n) is 4.40. The van der Waals surface area contributed by atoms with Crippen LogP contribution < -0.4 is 10.0 Å². The first-order valence-corrected chi connectivity index (χ1v) is 8.90. The van der Waals surface area contributed by atoms with Crippen LogP contribution >= 0.6 is 11.8 Å². The Morgan fingerprint density at radius 3 is 2.74 bits per heavy atom. The minimum absolute atomic E-state index is 0.0937. The lowest BCUT2D eigenvalue weighted by Gasteiger charge is -2.09. The van der Waals surface area contributed by atoms with Gasteiger partial charge in [-0.05, 0) is 26.6 Å². The molecule has 0 fully saturated rings. The number of hydrogen-bond donors (Lipinski definition) is 3. The normalized spacial score (nSPS) is 13.7. The van der Waals surface area contributed by atoms with E-state index in [4.69, 9.17) is 0 Å². The van der Waals surface area contributed by atoms with Crippen LogP contribution in [-0.4, -0.2) is 43.7 Å². The van der Waals surface area contributed by atoms with Crippen LogP contribution in [0.15, 0.2) is 5.03 Å². The Labute approximate surface area is 119 Å². The largest absolute Gasteiger partial charge is 0.316 e. The van der Waals surface area contributed by atoms with Crippen molar-refractivity contribution in [2.45, 2.75) is 37.1 Å². The molecule has 1 aromatic heterocycles. The van der Waals surface area contributed by atoms with Gasteiger partial charge in [-0.2, -0.15) is 16.9 Å². The highest BCUT2D eigenvalue weighted by Crippen LogP contribution is 2.16. The number of nitrogens with one attached hydrogen (secondary N) is 3. The number of H-pyrrole nitrogens is 1. The van der Waals surface area contributed by atoms with Gasteiger partial charge in [0, 0.05) is 29.6 Å². The van der Waals surface area contributed by atoms with Crippen molar-refractivity contribution in [3.05, 3.63) is 11.3 Å². The van der Waals surface area contributed by atoms with Gasteiger partial charge in [-0.3, -0.25) is 5.10 Å². The Bertz CT molecular complexity index is 499. The molecular formula is C11H22N4O2S2. The maximum Gasteiger partial charge on any atom is 0.260 e. The van der Waals surface area contributed by atoms with Gasteiger partial charge in [-0.25, -0.2) is 13.1 Å². The summed E-state index contributed by atoms with van der Waals surface area (Å²) in [5.41, 5.74) is 1.46. The SMILES string of the molecule is CNCc1c(S(=O)(=O)NCCC(C)SC)n[nH]c1C. The fourth-order valence-corrected chi connectivity index (χ4v) is 3.21. The van der Waals surface area contributed by atoms with Crippen LogP contribution in [0.4, 0.5) is 0 Å². The molecule has 1 rings (SSSR count). The van der Waals surface area contributed by atoms with E-state index >= 15 is 0 Å². The highest BCUT2D eigenvalue weighted by atomic mass is 32.2. The molecule has 0 aliphatic rings. The van der Waals surface area contributed by atoms with Crippen molar-refractivity contribution in [1.29, 1.82) is 0 Å². The summed E-state index contributed by atoms with van der Waals surface area (Å²) in [6, 6.07) is 0. The van der Waals surface area contributed by atoms with Crippen molar-refractivity contribution < 1.29 is 8.42 Å². The van der Waals surface area contributed by atoms with Gasteiger partial charge in [0.05, 0.1) is 0 Å². The standard InChI is InChI=1S/C11H22N4O2S2/c1-8(18-4)5-6-13-19(16,17)11-10(7-12-3)9(2)14-15-11/h8,12-13H,5-7H2,1-4H3,(H,14,15). The predicted octanol–water partition coefficient (Wildman–Crippen LogP) is 0.857. The molecule has 0 saturated carbocycles. The summed E-state index contributed by atoms with van der Waals surface area (Å²) in [6.45, 7) is 4.79. The van der Waals surface area contributed by atoms with Crippen LogP contribution in [0, 0.1) is 6.92 Å². The van der Waals surface area contributed by atoms with E-state index in [2.05, 4.69) is 27.2 Å². The number of aromatic amines is 1. The molecule has 1 atom stereocenters. The monoisotopic (exact) mass is 306 g/mol. The van der Waals surface area contributed by atoms with E-state index in [9.17, 15) is 8.42 Å². The summed E-state index contributed by atoms with van der Waals surface area (Å²) in [5, 5.41) is 10.1. The number of thioether (sulfide) groups is 1. The van der Waals surface area contributed by atoms with E-state index in [1.807, 2.05) is 13.2 Å². The van der Waals surface area contributed by atoms with Crippen molar-refractivity contribution in [2.75, 3.05) is 19.8 Å². The molecule has 0 amide bonds. The topological polar surface area (TPSA) is 86.9 Å². The average Bonchev–Trinajstić information content (AvgIpc) is 2.72. The third-order valence-electron chi connectivity index (χ3n) is 2.89. The van der Waals surface area contributed by atoms with Gasteiger partial charge in [-0.1, -0.05) is 6.92 Å². The highest BCUT2D eigenvalue weighted by Gasteiger charge is 2.23. The molecule has 6 nitrogen and oxygen atoms in total. The van der Waals surface area contributed by atoms with Crippen LogP contribution in [0.25, 0.3) is 0 Å². The van der Waals surface area contributed by atoms with Crippen molar-refractivity contribution in [1.82, 2.24) is 20.2 Å². The molecule has 0 bridgehead atoms. The van der Waals surface area contributed by atoms with Gasteiger partial charge in [0.15, 0.2) is 5.03 Å². The van der Waals surface area contributed by atoms with Crippen LogP contribution in [0.2, 0.25) is 0 Å². The Hall–Kier alpha value is -0.570. The Morgan fingerprint density at radius 1 is 1.47 bits per heavy atom. The van der Waals surface area contributed by atoms with Gasteiger partial charge in [0.25, 0.3) is 10.0 Å². The zero-order valence-electron chi connectivity index (χ0n) is 11.8. The molecule has 0 spiro atoms. The smallest absolute Gasteiger partial charge is 0.260 e. The summed E-state index contributed by atoms with van der Waals surface area (Å²) >= 11 is 1.72. The Balaban J connectivity index is 2.77. The van der Waals surface area contributed by atoms with E-state index in [-0.39, 0.29) is 5.03 Å². The minimum Gasteiger partial charge on any atom is -0.316 e. The molecule has 0 aromatic carbocycles. The number of aromatic nitrogens is 2. The number of aryl methyl sites for hydroxylation is 1. The molecule has 1 unspecified atom stereocenters. The zero-order valence-corrected chi connectivity index (χ0v) is 13.4. The Kier molecular flexibility index (Phi) is 6.31. The first kappa shape index (κ1) is 16.5. The highest BCUT2D eigenvalue weighted by molar-refractivity contribution is 7.99. The molecule has 1 aromatic rings. The maximum atomic E-state index is 12.2. The van der Waals surface area contributed by atoms with Crippen molar-refractivity contribution in [3.63, 3.8) is 0 Å². The molecule has 3 N–H and O–H groups in total. The molecule has 110 valence electrons. The summed E-state index contributed by atoms with van der Waals surface area (Å²) in [5.74, 6) is 0. The number of sulfonamides is 1.